The Kier molecular flexibility index (Phi) is 16.7. The fraction of sp³-hybridized carbons (Fsp3) is 0.333. The summed E-state index contributed by atoms with van der Waals surface area (Å²) in [7, 11) is 0. The molecule has 0 amide bonds. The van der Waals surface area contributed by atoms with Crippen molar-refractivity contribution in [3.05, 3.63) is 97.1 Å². The Morgan fingerprint density at radius 1 is 0.234 bits per heavy atom. The van der Waals surface area contributed by atoms with Crippen LogP contribution in [0.2, 0.25) is 0 Å². The summed E-state index contributed by atoms with van der Waals surface area (Å²) in [4.78, 5) is 50.7. The molecule has 0 unspecified atom stereocenters. The lowest BCUT2D eigenvalue weighted by Crippen LogP contribution is -2.20. The van der Waals surface area contributed by atoms with Crippen LogP contribution in [0, 0.1) is 0 Å². The standard InChI is InChI=1S/C48H48O16/c49-41-29-61-45-33-9-1-2-10-34(33)46(36-12-4-3-11-35(36)45)62-30-42(50)58-26-22-54-19-20-56-24-28-60-44(52)32-64-48-39-15-7-5-13-37(39)47(38-14-6-8-16-40(38)48)63-31-43(51)59-27-23-55-18-17-53-21-25-57-41/h1-16H,17-32H2. The van der Waals surface area contributed by atoms with Gasteiger partial charge in [-0.05, 0) is 0 Å². The predicted octanol–water partition coefficient (Wildman–Crippen LogP) is 5.77. The molecule has 1 aliphatic heterocycles. The van der Waals surface area contributed by atoms with E-state index in [4.69, 9.17) is 56.8 Å². The number of esters is 4. The topological polar surface area (TPSA) is 179 Å². The monoisotopic (exact) mass is 880 g/mol. The van der Waals surface area contributed by atoms with Gasteiger partial charge in [-0.25, -0.2) is 19.2 Å². The van der Waals surface area contributed by atoms with E-state index in [0.29, 0.717) is 66.1 Å². The zero-order valence-electron chi connectivity index (χ0n) is 35.1. The van der Waals surface area contributed by atoms with E-state index in [1.165, 1.54) is 0 Å². The van der Waals surface area contributed by atoms with Crippen molar-refractivity contribution >= 4 is 67.0 Å². The zero-order chi connectivity index (χ0) is 44.4. The number of carbonyl (C=O) groups is 4. The summed E-state index contributed by atoms with van der Waals surface area (Å²) in [5.41, 5.74) is 0. The van der Waals surface area contributed by atoms with E-state index < -0.39 is 23.9 Å². The Morgan fingerprint density at radius 3 is 0.594 bits per heavy atom. The number of cyclic esters (lactones) is 4. The van der Waals surface area contributed by atoms with Crippen molar-refractivity contribution in [1.29, 1.82) is 0 Å². The maximum atomic E-state index is 12.7. The first-order chi connectivity index (χ1) is 31.5. The van der Waals surface area contributed by atoms with Gasteiger partial charge in [0.15, 0.2) is 26.4 Å². The van der Waals surface area contributed by atoms with Crippen LogP contribution < -0.4 is 18.9 Å². The third kappa shape index (κ3) is 12.3. The van der Waals surface area contributed by atoms with Gasteiger partial charge < -0.3 is 56.8 Å². The third-order valence-corrected chi connectivity index (χ3v) is 9.71. The first kappa shape index (κ1) is 45.3. The Morgan fingerprint density at radius 2 is 0.406 bits per heavy atom. The molecule has 16 heteroatoms. The highest BCUT2D eigenvalue weighted by Crippen LogP contribution is 2.44. The van der Waals surface area contributed by atoms with Gasteiger partial charge in [-0.1, -0.05) is 97.1 Å². The Balaban J connectivity index is 0.954. The van der Waals surface area contributed by atoms with Crippen LogP contribution in [0.3, 0.4) is 0 Å². The molecule has 0 fully saturated rings. The second-order valence-corrected chi connectivity index (χ2v) is 14.0. The van der Waals surface area contributed by atoms with E-state index in [9.17, 15) is 19.2 Å². The quantitative estimate of drug-likeness (QED) is 0.102. The molecule has 0 spiro atoms. The number of fused-ring (bicyclic) bond motifs is 6. The Hall–Kier alpha value is -6.72. The molecule has 1 heterocycles. The van der Waals surface area contributed by atoms with Crippen LogP contribution in [-0.4, -0.2) is 130 Å². The molecule has 336 valence electrons. The number of ether oxygens (including phenoxy) is 12. The molecule has 6 aromatic carbocycles. The second-order valence-electron chi connectivity index (χ2n) is 14.0. The molecular weight excluding hydrogens is 833 g/mol. The number of benzene rings is 6. The number of hydrogen-bond acceptors (Lipinski definition) is 16. The van der Waals surface area contributed by atoms with E-state index in [1.54, 1.807) is 0 Å². The van der Waals surface area contributed by atoms with Crippen LogP contribution >= 0.6 is 0 Å². The van der Waals surface area contributed by atoms with Gasteiger partial charge in [0.2, 0.25) is 0 Å². The van der Waals surface area contributed by atoms with Gasteiger partial charge in [-0.3, -0.25) is 0 Å². The number of hydrogen-bond donors (Lipinski definition) is 0. The molecule has 7 rings (SSSR count). The highest BCUT2D eigenvalue weighted by molar-refractivity contribution is 6.12. The summed E-state index contributed by atoms with van der Waals surface area (Å²) < 4.78 is 67.6. The van der Waals surface area contributed by atoms with Crippen molar-refractivity contribution < 1.29 is 76.0 Å². The molecule has 1 aliphatic rings. The molecule has 0 aliphatic carbocycles. The summed E-state index contributed by atoms with van der Waals surface area (Å²) in [6, 6.07) is 29.4. The van der Waals surface area contributed by atoms with Gasteiger partial charge >= 0.3 is 23.9 Å². The molecule has 0 atom stereocenters. The maximum absolute atomic E-state index is 12.7. The van der Waals surface area contributed by atoms with E-state index in [0.717, 1.165) is 0 Å². The lowest BCUT2D eigenvalue weighted by molar-refractivity contribution is -0.149. The highest BCUT2D eigenvalue weighted by Gasteiger charge is 2.20. The smallest absolute Gasteiger partial charge is 0.344 e. The second kappa shape index (κ2) is 23.6. The minimum Gasteiger partial charge on any atom is -0.481 e. The van der Waals surface area contributed by atoms with Crippen LogP contribution in [0.25, 0.3) is 43.1 Å². The van der Waals surface area contributed by atoms with Gasteiger partial charge in [-0.15, -0.1) is 0 Å². The van der Waals surface area contributed by atoms with Crippen molar-refractivity contribution in [3.63, 3.8) is 0 Å². The summed E-state index contributed by atoms with van der Waals surface area (Å²) >= 11 is 0. The average Bonchev–Trinajstić information content (AvgIpc) is 3.31. The van der Waals surface area contributed by atoms with E-state index in [2.05, 4.69) is 0 Å². The lowest BCUT2D eigenvalue weighted by atomic mass is 10.0. The Labute approximate surface area is 368 Å². The molecular formula is C48H48O16. The van der Waals surface area contributed by atoms with Crippen LogP contribution in [-0.2, 0) is 57.1 Å². The molecule has 0 radical (unpaired) electrons. The first-order valence-electron chi connectivity index (χ1n) is 20.8. The minimum absolute atomic E-state index is 0.000320. The fourth-order valence-corrected chi connectivity index (χ4v) is 6.91. The van der Waals surface area contributed by atoms with Crippen LogP contribution in [0.5, 0.6) is 23.0 Å². The third-order valence-electron chi connectivity index (χ3n) is 9.71. The largest absolute Gasteiger partial charge is 0.481 e. The molecule has 64 heavy (non-hydrogen) atoms. The molecule has 4 bridgehead atoms. The Bertz CT molecular complexity index is 2080. The zero-order valence-corrected chi connectivity index (χ0v) is 35.1. The molecule has 0 saturated heterocycles. The molecule has 0 N–H and O–H groups in total. The lowest BCUT2D eigenvalue weighted by Gasteiger charge is -2.17. The minimum atomic E-state index is -0.585. The van der Waals surface area contributed by atoms with Crippen molar-refractivity contribution in [3.8, 4) is 23.0 Å². The summed E-state index contributed by atoms with van der Waals surface area (Å²) in [6.07, 6.45) is 0. The van der Waals surface area contributed by atoms with E-state index in [1.807, 2.05) is 97.1 Å². The van der Waals surface area contributed by atoms with Crippen LogP contribution in [0.4, 0.5) is 0 Å². The molecule has 16 nitrogen and oxygen atoms in total. The number of rotatable bonds is 0. The van der Waals surface area contributed by atoms with Crippen molar-refractivity contribution in [1.82, 2.24) is 0 Å². The van der Waals surface area contributed by atoms with Gasteiger partial charge in [0.1, 0.15) is 49.4 Å². The summed E-state index contributed by atoms with van der Waals surface area (Å²) in [5, 5.41) is 5.40. The molecule has 0 saturated carbocycles. The van der Waals surface area contributed by atoms with Crippen molar-refractivity contribution in [2.45, 2.75) is 0 Å². The van der Waals surface area contributed by atoms with E-state index in [-0.39, 0.29) is 106 Å². The van der Waals surface area contributed by atoms with Crippen LogP contribution in [0.1, 0.15) is 0 Å². The van der Waals surface area contributed by atoms with Gasteiger partial charge in [0.25, 0.3) is 0 Å². The van der Waals surface area contributed by atoms with Crippen molar-refractivity contribution in [2.24, 2.45) is 0 Å². The normalized spacial score (nSPS) is 17.2. The summed E-state index contributed by atoms with van der Waals surface area (Å²) in [5.74, 6) is -0.496. The molecule has 6 aromatic rings. The predicted molar refractivity (Wildman–Crippen MR) is 232 cm³/mol. The van der Waals surface area contributed by atoms with Gasteiger partial charge in [0, 0.05) is 43.1 Å². The SMILES string of the molecule is O=C1COc2c3ccccc3c(c3ccccc23)OCC(=O)OCCOCCOCCOC(=O)COc2c3ccccc3c(c3ccccc23)OCC(=O)OCCOCCOCCO1. The van der Waals surface area contributed by atoms with E-state index >= 15 is 0 Å². The number of carbonyl (C=O) groups excluding carboxylic acids is 4. The summed E-state index contributed by atoms with van der Waals surface area (Å²) in [6.45, 7) is -0.00990. The average molecular weight is 881 g/mol. The van der Waals surface area contributed by atoms with Crippen molar-refractivity contribution in [2.75, 3.05) is 106 Å². The van der Waals surface area contributed by atoms with Gasteiger partial charge in [-0.2, -0.15) is 0 Å². The highest BCUT2D eigenvalue weighted by atomic mass is 16.6. The van der Waals surface area contributed by atoms with Crippen LogP contribution in [0.15, 0.2) is 97.1 Å². The fourth-order valence-electron chi connectivity index (χ4n) is 6.91. The van der Waals surface area contributed by atoms with Gasteiger partial charge in [0.05, 0.1) is 52.9 Å². The molecule has 0 aromatic heterocycles. The first-order valence-corrected chi connectivity index (χ1v) is 20.8. The maximum Gasteiger partial charge on any atom is 0.344 e.